The Bertz CT molecular complexity index is 370. The van der Waals surface area contributed by atoms with Gasteiger partial charge in [-0.2, -0.15) is 0 Å². The molecule has 4 heteroatoms. The highest BCUT2D eigenvalue weighted by molar-refractivity contribution is 7.16. The molecule has 2 rings (SSSR count). The van der Waals surface area contributed by atoms with Crippen molar-refractivity contribution in [3.8, 4) is 0 Å². The summed E-state index contributed by atoms with van der Waals surface area (Å²) in [6.07, 6.45) is 2.65. The molecule has 1 fully saturated rings. The van der Waals surface area contributed by atoms with Gasteiger partial charge in [0.15, 0.2) is 0 Å². The van der Waals surface area contributed by atoms with Crippen molar-refractivity contribution in [3.63, 3.8) is 0 Å². The van der Waals surface area contributed by atoms with Crippen molar-refractivity contribution in [2.75, 3.05) is 26.2 Å². The van der Waals surface area contributed by atoms with Crippen molar-refractivity contribution in [2.24, 2.45) is 11.8 Å². The second-order valence-electron chi connectivity index (χ2n) is 5.98. The number of nitrogens with one attached hydrogen (secondary N) is 1. The fraction of sp³-hybridized carbons (Fsp3) is 0.733. The lowest BCUT2D eigenvalue weighted by molar-refractivity contribution is 0.176. The fourth-order valence-corrected chi connectivity index (χ4v) is 3.71. The molecule has 0 radical (unpaired) electrons. The number of likely N-dealkylation sites (tertiary alicyclic amines) is 1. The van der Waals surface area contributed by atoms with Crippen LogP contribution < -0.4 is 5.32 Å². The second kappa shape index (κ2) is 7.63. The molecule has 2 heterocycles. The van der Waals surface area contributed by atoms with Crippen molar-refractivity contribution < 1.29 is 0 Å². The van der Waals surface area contributed by atoms with Gasteiger partial charge in [0.2, 0.25) is 0 Å². The summed E-state index contributed by atoms with van der Waals surface area (Å²) in [5.74, 6) is 1.62. The number of halogens is 1. The molecule has 1 N–H and O–H groups in total. The lowest BCUT2D eigenvalue weighted by Crippen LogP contribution is -2.37. The van der Waals surface area contributed by atoms with Gasteiger partial charge in [0.25, 0.3) is 0 Å². The molecule has 2 nitrogen and oxygen atoms in total. The zero-order valence-corrected chi connectivity index (χ0v) is 13.6. The van der Waals surface area contributed by atoms with E-state index >= 15 is 0 Å². The quantitative estimate of drug-likeness (QED) is 0.858. The molecule has 1 aliphatic heterocycles. The van der Waals surface area contributed by atoms with Crippen molar-refractivity contribution in [1.82, 2.24) is 10.2 Å². The van der Waals surface area contributed by atoms with Crippen molar-refractivity contribution in [2.45, 2.75) is 33.2 Å². The van der Waals surface area contributed by atoms with E-state index in [9.17, 15) is 0 Å². The van der Waals surface area contributed by atoms with Gasteiger partial charge in [-0.15, -0.1) is 11.3 Å². The first-order valence-corrected chi connectivity index (χ1v) is 8.50. The molecule has 0 spiro atoms. The maximum Gasteiger partial charge on any atom is 0.0931 e. The SMILES string of the molecule is CC(C)CNCC1CCN(Cc2ccc(Cl)s2)CC1. The third kappa shape index (κ3) is 5.42. The van der Waals surface area contributed by atoms with Gasteiger partial charge in [-0.25, -0.2) is 0 Å². The van der Waals surface area contributed by atoms with Crippen LogP contribution in [-0.2, 0) is 6.54 Å². The molecule has 1 saturated heterocycles. The Morgan fingerprint density at radius 2 is 2.11 bits per heavy atom. The van der Waals surface area contributed by atoms with Crippen LogP contribution in [0.3, 0.4) is 0 Å². The van der Waals surface area contributed by atoms with Crippen LogP contribution in [0.15, 0.2) is 12.1 Å². The zero-order chi connectivity index (χ0) is 13.7. The minimum atomic E-state index is 0.753. The Balaban J connectivity index is 1.65. The van der Waals surface area contributed by atoms with Gasteiger partial charge in [0.1, 0.15) is 0 Å². The number of piperidine rings is 1. The van der Waals surface area contributed by atoms with Crippen LogP contribution in [0.1, 0.15) is 31.6 Å². The summed E-state index contributed by atoms with van der Waals surface area (Å²) in [6.45, 7) is 10.4. The summed E-state index contributed by atoms with van der Waals surface area (Å²) in [5.41, 5.74) is 0. The number of hydrogen-bond acceptors (Lipinski definition) is 3. The van der Waals surface area contributed by atoms with E-state index < -0.39 is 0 Å². The number of hydrogen-bond donors (Lipinski definition) is 1. The minimum absolute atomic E-state index is 0.753. The molecule has 108 valence electrons. The maximum atomic E-state index is 5.98. The molecule has 1 aromatic heterocycles. The molecule has 1 aromatic rings. The highest BCUT2D eigenvalue weighted by Gasteiger charge is 2.19. The van der Waals surface area contributed by atoms with E-state index in [0.717, 1.165) is 29.3 Å². The second-order valence-corrected chi connectivity index (χ2v) is 7.78. The van der Waals surface area contributed by atoms with Gasteiger partial charge >= 0.3 is 0 Å². The molecule has 0 saturated carbocycles. The van der Waals surface area contributed by atoms with E-state index in [1.54, 1.807) is 11.3 Å². The van der Waals surface area contributed by atoms with Gasteiger partial charge in [0, 0.05) is 11.4 Å². The van der Waals surface area contributed by atoms with Crippen LogP contribution in [0.4, 0.5) is 0 Å². The summed E-state index contributed by atoms with van der Waals surface area (Å²) in [6, 6.07) is 4.16. The smallest absolute Gasteiger partial charge is 0.0931 e. The molecule has 0 aliphatic carbocycles. The molecule has 19 heavy (non-hydrogen) atoms. The normalized spacial score (nSPS) is 18.3. The van der Waals surface area contributed by atoms with Crippen LogP contribution in [0, 0.1) is 11.8 Å². The van der Waals surface area contributed by atoms with Gasteiger partial charge in [-0.1, -0.05) is 25.4 Å². The third-order valence-electron chi connectivity index (χ3n) is 3.70. The van der Waals surface area contributed by atoms with E-state index in [2.05, 4.69) is 30.1 Å². The maximum absolute atomic E-state index is 5.98. The summed E-state index contributed by atoms with van der Waals surface area (Å²) in [7, 11) is 0. The highest BCUT2D eigenvalue weighted by Crippen LogP contribution is 2.25. The largest absolute Gasteiger partial charge is 0.316 e. The van der Waals surface area contributed by atoms with Crippen LogP contribution in [-0.4, -0.2) is 31.1 Å². The fourth-order valence-electron chi connectivity index (χ4n) is 2.58. The Morgan fingerprint density at radius 1 is 1.37 bits per heavy atom. The summed E-state index contributed by atoms with van der Waals surface area (Å²) >= 11 is 7.69. The summed E-state index contributed by atoms with van der Waals surface area (Å²) in [4.78, 5) is 3.95. The first-order valence-electron chi connectivity index (χ1n) is 7.30. The van der Waals surface area contributed by atoms with Crippen molar-refractivity contribution >= 4 is 22.9 Å². The Hall–Kier alpha value is -0.0900. The van der Waals surface area contributed by atoms with Crippen LogP contribution in [0.5, 0.6) is 0 Å². The summed E-state index contributed by atoms with van der Waals surface area (Å²) < 4.78 is 0.905. The lowest BCUT2D eigenvalue weighted by Gasteiger charge is -2.31. The van der Waals surface area contributed by atoms with Gasteiger partial charge < -0.3 is 5.32 Å². The zero-order valence-electron chi connectivity index (χ0n) is 12.0. The van der Waals surface area contributed by atoms with E-state index in [1.807, 2.05) is 6.07 Å². The molecule has 0 atom stereocenters. The molecule has 1 aliphatic rings. The van der Waals surface area contributed by atoms with Gasteiger partial charge in [-0.05, 0) is 63.0 Å². The Morgan fingerprint density at radius 3 is 2.68 bits per heavy atom. The Kier molecular flexibility index (Phi) is 6.14. The molecular weight excluding hydrogens is 276 g/mol. The molecular formula is C15H25ClN2S. The predicted octanol–water partition coefficient (Wildman–Crippen LogP) is 3.86. The van der Waals surface area contributed by atoms with Crippen LogP contribution in [0.2, 0.25) is 4.34 Å². The molecule has 0 aromatic carbocycles. The first-order chi connectivity index (χ1) is 9.13. The monoisotopic (exact) mass is 300 g/mol. The lowest BCUT2D eigenvalue weighted by atomic mass is 9.96. The minimum Gasteiger partial charge on any atom is -0.316 e. The van der Waals surface area contributed by atoms with E-state index in [1.165, 1.54) is 37.4 Å². The topological polar surface area (TPSA) is 15.3 Å². The third-order valence-corrected chi connectivity index (χ3v) is 4.92. The molecule has 0 amide bonds. The Labute approximate surface area is 126 Å². The summed E-state index contributed by atoms with van der Waals surface area (Å²) in [5, 5.41) is 3.59. The van der Waals surface area contributed by atoms with Crippen molar-refractivity contribution in [1.29, 1.82) is 0 Å². The molecule has 0 unspecified atom stereocenters. The van der Waals surface area contributed by atoms with Gasteiger partial charge in [0.05, 0.1) is 4.34 Å². The van der Waals surface area contributed by atoms with Crippen LogP contribution in [0.25, 0.3) is 0 Å². The van der Waals surface area contributed by atoms with Crippen LogP contribution >= 0.6 is 22.9 Å². The van der Waals surface area contributed by atoms with Gasteiger partial charge in [-0.3, -0.25) is 4.90 Å². The predicted molar refractivity (Wildman–Crippen MR) is 85.0 cm³/mol. The van der Waals surface area contributed by atoms with E-state index in [0.29, 0.717) is 0 Å². The number of thiophene rings is 1. The standard InChI is InChI=1S/C15H25ClN2S/c1-12(2)9-17-10-13-5-7-18(8-6-13)11-14-3-4-15(16)19-14/h3-4,12-13,17H,5-11H2,1-2H3. The average molecular weight is 301 g/mol. The highest BCUT2D eigenvalue weighted by atomic mass is 35.5. The number of nitrogens with zero attached hydrogens (tertiary/aromatic N) is 1. The van der Waals surface area contributed by atoms with Crippen molar-refractivity contribution in [3.05, 3.63) is 21.3 Å². The number of rotatable bonds is 6. The van der Waals surface area contributed by atoms with E-state index in [-0.39, 0.29) is 0 Å². The average Bonchev–Trinajstić information content (AvgIpc) is 2.77. The van der Waals surface area contributed by atoms with E-state index in [4.69, 9.17) is 11.6 Å². The molecule has 0 bridgehead atoms. The first kappa shape index (κ1) is 15.3.